The van der Waals surface area contributed by atoms with Crippen LogP contribution in [0.2, 0.25) is 0 Å². The van der Waals surface area contributed by atoms with Gasteiger partial charge in [0.2, 0.25) is 0 Å². The molecule has 0 bridgehead atoms. The predicted octanol–water partition coefficient (Wildman–Crippen LogP) is -0.0983. The van der Waals surface area contributed by atoms with Crippen molar-refractivity contribution in [3.63, 3.8) is 0 Å². The van der Waals surface area contributed by atoms with Gasteiger partial charge in [-0.2, -0.15) is 0 Å². The van der Waals surface area contributed by atoms with Gasteiger partial charge < -0.3 is 5.32 Å². The minimum Gasteiger partial charge on any atom is -0.315 e. The molecule has 1 unspecified atom stereocenters. The Morgan fingerprint density at radius 1 is 1.17 bits per heavy atom. The molecule has 70 valence electrons. The van der Waals surface area contributed by atoms with Crippen molar-refractivity contribution < 1.29 is 0 Å². The standard InChI is InChI=1S/C8H17N3S/c1-2-9-3-6-11(5-1)8-10-4-7-12-8/h8-10H,1-7H2. The normalized spacial score (nSPS) is 33.5. The zero-order valence-corrected chi connectivity index (χ0v) is 8.20. The molecule has 0 aromatic rings. The van der Waals surface area contributed by atoms with E-state index in [-0.39, 0.29) is 0 Å². The van der Waals surface area contributed by atoms with Crippen LogP contribution in [0.15, 0.2) is 0 Å². The SMILES string of the molecule is C1CNCCN(C2NCCS2)C1. The molecule has 3 nitrogen and oxygen atoms in total. The predicted molar refractivity (Wildman–Crippen MR) is 53.3 cm³/mol. The van der Waals surface area contributed by atoms with Crippen molar-refractivity contribution in [2.24, 2.45) is 0 Å². The molecule has 4 heteroatoms. The third kappa shape index (κ3) is 2.13. The van der Waals surface area contributed by atoms with Crippen molar-refractivity contribution in [3.05, 3.63) is 0 Å². The Morgan fingerprint density at radius 3 is 3.00 bits per heavy atom. The Morgan fingerprint density at radius 2 is 2.17 bits per heavy atom. The van der Waals surface area contributed by atoms with Gasteiger partial charge >= 0.3 is 0 Å². The van der Waals surface area contributed by atoms with Gasteiger partial charge in [-0.05, 0) is 13.0 Å². The third-order valence-electron chi connectivity index (χ3n) is 2.40. The smallest absolute Gasteiger partial charge is 0.108 e. The van der Waals surface area contributed by atoms with Gasteiger partial charge in [-0.15, -0.1) is 11.8 Å². The number of nitrogens with one attached hydrogen (secondary N) is 2. The van der Waals surface area contributed by atoms with Crippen LogP contribution in [-0.4, -0.2) is 48.9 Å². The molecule has 0 aromatic carbocycles. The van der Waals surface area contributed by atoms with Crippen molar-refractivity contribution >= 4 is 11.8 Å². The largest absolute Gasteiger partial charge is 0.315 e. The number of nitrogens with zero attached hydrogens (tertiary/aromatic N) is 1. The van der Waals surface area contributed by atoms with Crippen LogP contribution in [0.4, 0.5) is 0 Å². The zero-order valence-electron chi connectivity index (χ0n) is 7.38. The fourth-order valence-corrected chi connectivity index (χ4v) is 2.86. The molecule has 0 radical (unpaired) electrons. The van der Waals surface area contributed by atoms with Crippen molar-refractivity contribution in [1.29, 1.82) is 0 Å². The molecule has 2 fully saturated rings. The highest BCUT2D eigenvalue weighted by atomic mass is 32.2. The Hall–Kier alpha value is 0.230. The molecule has 2 aliphatic heterocycles. The lowest BCUT2D eigenvalue weighted by atomic mass is 10.4. The lowest BCUT2D eigenvalue weighted by Gasteiger charge is -2.25. The summed E-state index contributed by atoms with van der Waals surface area (Å²) >= 11 is 2.05. The molecule has 1 atom stereocenters. The molecule has 2 aliphatic rings. The van der Waals surface area contributed by atoms with Gasteiger partial charge in [0, 0.05) is 31.9 Å². The lowest BCUT2D eigenvalue weighted by Crippen LogP contribution is -2.41. The summed E-state index contributed by atoms with van der Waals surface area (Å²) in [5, 5.41) is 6.94. The monoisotopic (exact) mass is 187 g/mol. The van der Waals surface area contributed by atoms with E-state index in [0.717, 1.165) is 6.54 Å². The van der Waals surface area contributed by atoms with E-state index in [0.29, 0.717) is 5.50 Å². The first-order valence-electron chi connectivity index (χ1n) is 4.76. The topological polar surface area (TPSA) is 27.3 Å². The second kappa shape index (κ2) is 4.46. The second-order valence-corrected chi connectivity index (χ2v) is 4.50. The van der Waals surface area contributed by atoms with Crippen LogP contribution in [0, 0.1) is 0 Å². The first kappa shape index (κ1) is 8.81. The second-order valence-electron chi connectivity index (χ2n) is 3.32. The van der Waals surface area contributed by atoms with Crippen molar-refractivity contribution in [2.45, 2.75) is 11.9 Å². The molecule has 2 heterocycles. The maximum atomic E-state index is 3.52. The van der Waals surface area contributed by atoms with Gasteiger partial charge in [0.1, 0.15) is 5.50 Å². The highest BCUT2D eigenvalue weighted by Gasteiger charge is 2.22. The van der Waals surface area contributed by atoms with Crippen LogP contribution in [-0.2, 0) is 0 Å². The average molecular weight is 187 g/mol. The summed E-state index contributed by atoms with van der Waals surface area (Å²) in [5.41, 5.74) is 0.602. The molecule has 0 saturated carbocycles. The molecule has 0 spiro atoms. The minimum atomic E-state index is 0.602. The summed E-state index contributed by atoms with van der Waals surface area (Å²) in [5.74, 6) is 1.27. The van der Waals surface area contributed by atoms with E-state index < -0.39 is 0 Å². The molecule has 2 saturated heterocycles. The summed E-state index contributed by atoms with van der Waals surface area (Å²) in [6.45, 7) is 5.97. The molecular formula is C8H17N3S. The Bertz CT molecular complexity index is 128. The number of rotatable bonds is 1. The first-order valence-corrected chi connectivity index (χ1v) is 5.81. The van der Waals surface area contributed by atoms with Gasteiger partial charge in [0.15, 0.2) is 0 Å². The molecular weight excluding hydrogens is 170 g/mol. The summed E-state index contributed by atoms with van der Waals surface area (Å²) in [6.07, 6.45) is 1.29. The van der Waals surface area contributed by atoms with Crippen molar-refractivity contribution in [3.8, 4) is 0 Å². The highest BCUT2D eigenvalue weighted by molar-refractivity contribution is 8.00. The Labute approximate surface area is 78.3 Å². The van der Waals surface area contributed by atoms with E-state index in [9.17, 15) is 0 Å². The van der Waals surface area contributed by atoms with Gasteiger partial charge in [0.05, 0.1) is 0 Å². The van der Waals surface area contributed by atoms with Crippen LogP contribution < -0.4 is 10.6 Å². The summed E-state index contributed by atoms with van der Waals surface area (Å²) < 4.78 is 0. The maximum Gasteiger partial charge on any atom is 0.108 e. The molecule has 0 amide bonds. The Kier molecular flexibility index (Phi) is 3.28. The first-order chi connectivity index (χ1) is 5.97. The van der Waals surface area contributed by atoms with Gasteiger partial charge in [-0.25, -0.2) is 0 Å². The van der Waals surface area contributed by atoms with Crippen LogP contribution >= 0.6 is 11.8 Å². The minimum absolute atomic E-state index is 0.602. The van der Waals surface area contributed by atoms with E-state index in [1.54, 1.807) is 0 Å². The highest BCUT2D eigenvalue weighted by Crippen LogP contribution is 2.18. The summed E-state index contributed by atoms with van der Waals surface area (Å²) in [6, 6.07) is 0. The molecule has 2 rings (SSSR count). The molecule has 2 N–H and O–H groups in total. The molecule has 0 aliphatic carbocycles. The van der Waals surface area contributed by atoms with E-state index in [1.807, 2.05) is 11.8 Å². The average Bonchev–Trinajstić information content (AvgIpc) is 2.48. The van der Waals surface area contributed by atoms with Crippen LogP contribution in [0.3, 0.4) is 0 Å². The van der Waals surface area contributed by atoms with Crippen LogP contribution in [0.25, 0.3) is 0 Å². The number of hydrogen-bond acceptors (Lipinski definition) is 4. The fourth-order valence-electron chi connectivity index (χ4n) is 1.75. The van der Waals surface area contributed by atoms with E-state index in [2.05, 4.69) is 15.5 Å². The maximum absolute atomic E-state index is 3.52. The van der Waals surface area contributed by atoms with Crippen molar-refractivity contribution in [2.75, 3.05) is 38.5 Å². The zero-order chi connectivity index (χ0) is 8.23. The lowest BCUT2D eigenvalue weighted by molar-refractivity contribution is 0.252. The summed E-state index contributed by atoms with van der Waals surface area (Å²) in [4.78, 5) is 2.55. The van der Waals surface area contributed by atoms with Crippen LogP contribution in [0.1, 0.15) is 6.42 Å². The number of thioether (sulfide) groups is 1. The Balaban J connectivity index is 1.83. The number of hydrogen-bond donors (Lipinski definition) is 2. The van der Waals surface area contributed by atoms with Gasteiger partial charge in [-0.3, -0.25) is 10.2 Å². The fraction of sp³-hybridized carbons (Fsp3) is 1.00. The van der Waals surface area contributed by atoms with Crippen molar-refractivity contribution in [1.82, 2.24) is 15.5 Å². The third-order valence-corrected chi connectivity index (χ3v) is 3.62. The van der Waals surface area contributed by atoms with E-state index in [1.165, 1.54) is 38.4 Å². The molecule has 12 heavy (non-hydrogen) atoms. The van der Waals surface area contributed by atoms with E-state index >= 15 is 0 Å². The molecule has 0 aromatic heterocycles. The van der Waals surface area contributed by atoms with Gasteiger partial charge in [0.25, 0.3) is 0 Å². The van der Waals surface area contributed by atoms with E-state index in [4.69, 9.17) is 0 Å². The summed E-state index contributed by atoms with van der Waals surface area (Å²) in [7, 11) is 0. The quantitative estimate of drug-likeness (QED) is 0.599. The van der Waals surface area contributed by atoms with Crippen LogP contribution in [0.5, 0.6) is 0 Å². The van der Waals surface area contributed by atoms with Gasteiger partial charge in [-0.1, -0.05) is 0 Å².